The summed E-state index contributed by atoms with van der Waals surface area (Å²) in [6.07, 6.45) is 8.83. The summed E-state index contributed by atoms with van der Waals surface area (Å²) in [5, 5.41) is 23.5. The van der Waals surface area contributed by atoms with Crippen molar-refractivity contribution in [2.24, 2.45) is 0 Å². The van der Waals surface area contributed by atoms with Crippen molar-refractivity contribution in [2.75, 3.05) is 18.9 Å². The number of nitrogens with zero attached hydrogens (tertiary/aromatic N) is 4. The van der Waals surface area contributed by atoms with Crippen LogP contribution >= 0.6 is 7.75 Å². The number of nitrogen functional groups attached to an aromatic ring is 1. The molecule has 1 aromatic carbocycles. The van der Waals surface area contributed by atoms with E-state index in [4.69, 9.17) is 30.7 Å². The molecule has 3 heterocycles. The summed E-state index contributed by atoms with van der Waals surface area (Å²) < 4.78 is 52.2. The van der Waals surface area contributed by atoms with Crippen LogP contribution in [0, 0.1) is 18.4 Å². The average molecular weight is 719 g/mol. The molecule has 0 bridgehead atoms. The zero-order valence-corrected chi connectivity index (χ0v) is 29.0. The summed E-state index contributed by atoms with van der Waals surface area (Å²) >= 11 is 0. The molecule has 17 heteroatoms. The van der Waals surface area contributed by atoms with E-state index in [1.54, 1.807) is 30.3 Å². The number of rotatable bonds is 20. The molecular weight excluding hydrogens is 674 g/mol. The predicted molar refractivity (Wildman–Crippen MR) is 180 cm³/mol. The Balaban J connectivity index is 1.49. The number of unbranched alkanes of at least 4 members (excludes halogenated alkanes) is 6. The highest BCUT2D eigenvalue weighted by Crippen LogP contribution is 2.49. The number of imidazole rings is 1. The highest BCUT2D eigenvalue weighted by molar-refractivity contribution is 7.51. The number of aliphatic hydroxyl groups excluding tert-OH is 1. The van der Waals surface area contributed by atoms with Crippen LogP contribution in [0.3, 0.4) is 0 Å². The van der Waals surface area contributed by atoms with Crippen LogP contribution in [0.1, 0.15) is 77.0 Å². The molecule has 0 radical (unpaired) electrons. The first-order chi connectivity index (χ1) is 23.9. The van der Waals surface area contributed by atoms with E-state index in [0.29, 0.717) is 12.0 Å². The molecule has 0 saturated carbocycles. The number of carbonyl (C=O) groups excluding carboxylic acids is 1. The van der Waals surface area contributed by atoms with E-state index in [1.807, 2.05) is 0 Å². The molecular formula is C33H44FN6O9P. The zero-order valence-electron chi connectivity index (χ0n) is 28.1. The third-order valence-electron chi connectivity index (χ3n) is 8.25. The van der Waals surface area contributed by atoms with Gasteiger partial charge in [0, 0.05) is 6.42 Å². The first kappa shape index (κ1) is 38.8. The number of aliphatic hydroxyl groups is 1. The fourth-order valence-corrected chi connectivity index (χ4v) is 7.10. The molecule has 15 nitrogen and oxygen atoms in total. The zero-order chi connectivity index (χ0) is 36.3. The molecule has 6 atom stereocenters. The lowest BCUT2D eigenvalue weighted by atomic mass is 9.99. The summed E-state index contributed by atoms with van der Waals surface area (Å²) in [4.78, 5) is 36.4. The van der Waals surface area contributed by atoms with Crippen LogP contribution < -0.4 is 10.8 Å². The van der Waals surface area contributed by atoms with E-state index in [0.717, 1.165) is 32.1 Å². The van der Waals surface area contributed by atoms with Crippen molar-refractivity contribution in [1.82, 2.24) is 24.6 Å². The van der Waals surface area contributed by atoms with Gasteiger partial charge in [-0.2, -0.15) is 14.4 Å². The van der Waals surface area contributed by atoms with Gasteiger partial charge in [0.1, 0.15) is 25.0 Å². The van der Waals surface area contributed by atoms with Gasteiger partial charge in [-0.15, -0.1) is 6.42 Å². The van der Waals surface area contributed by atoms with Gasteiger partial charge < -0.3 is 25.4 Å². The Hall–Kier alpha value is -3.97. The largest absolute Gasteiger partial charge is 0.480 e. The molecule has 0 spiro atoms. The number of halogens is 1. The molecule has 50 heavy (non-hydrogen) atoms. The molecule has 1 aliphatic heterocycles. The van der Waals surface area contributed by atoms with Crippen molar-refractivity contribution in [1.29, 1.82) is 0 Å². The Kier molecular flexibility index (Phi) is 13.8. The summed E-state index contributed by atoms with van der Waals surface area (Å²) in [7, 11) is -4.73. The molecule has 4 rings (SSSR count). The van der Waals surface area contributed by atoms with Crippen LogP contribution in [0.5, 0.6) is 0 Å². The van der Waals surface area contributed by atoms with Crippen LogP contribution in [0.25, 0.3) is 11.2 Å². The second-order valence-electron chi connectivity index (χ2n) is 12.1. The minimum absolute atomic E-state index is 0.0225. The summed E-state index contributed by atoms with van der Waals surface area (Å²) in [6, 6.07) is 7.07. The summed E-state index contributed by atoms with van der Waals surface area (Å²) in [5.41, 5.74) is 4.48. The number of terminal acetylenes is 1. The fraction of sp³-hybridized carbons (Fsp3) is 0.545. The number of anilines is 1. The van der Waals surface area contributed by atoms with Crippen molar-refractivity contribution >= 4 is 36.7 Å². The van der Waals surface area contributed by atoms with Gasteiger partial charge >= 0.3 is 25.8 Å². The molecule has 0 aliphatic carbocycles. The van der Waals surface area contributed by atoms with Gasteiger partial charge in [-0.05, 0) is 25.3 Å². The summed E-state index contributed by atoms with van der Waals surface area (Å²) in [5.74, 6) is -0.0815. The molecule has 0 amide bonds. The second kappa shape index (κ2) is 17.8. The van der Waals surface area contributed by atoms with E-state index in [9.17, 15) is 28.8 Å². The van der Waals surface area contributed by atoms with E-state index < -0.39 is 62.4 Å². The number of esters is 1. The number of aliphatic carboxylic acids is 1. The SMILES string of the molecule is C#C[C@]1(COP(=O)(NC(Cc2ccccc2)C(=O)O)OC(C)C(=O)OCCCCCCCCC)O[C@@H](n2cnc3c(N)nc(F)nc32)C[C@@H]1O. The van der Waals surface area contributed by atoms with Crippen LogP contribution in [-0.4, -0.2) is 78.7 Å². The van der Waals surface area contributed by atoms with Crippen LogP contribution in [-0.2, 0) is 39.1 Å². The van der Waals surface area contributed by atoms with Crippen molar-refractivity contribution in [3.63, 3.8) is 0 Å². The van der Waals surface area contributed by atoms with Gasteiger partial charge in [0.2, 0.25) is 0 Å². The third kappa shape index (κ3) is 10.1. The topological polar surface area (TPSA) is 210 Å². The first-order valence-electron chi connectivity index (χ1n) is 16.5. The number of carboxylic acid groups (broad SMARTS) is 1. The van der Waals surface area contributed by atoms with Gasteiger partial charge in [0.25, 0.3) is 0 Å². The highest BCUT2D eigenvalue weighted by Gasteiger charge is 2.50. The lowest BCUT2D eigenvalue weighted by Gasteiger charge is -2.30. The number of fused-ring (bicyclic) bond motifs is 1. The van der Waals surface area contributed by atoms with E-state index in [-0.39, 0.29) is 36.4 Å². The molecule has 5 N–H and O–H groups in total. The van der Waals surface area contributed by atoms with Crippen molar-refractivity contribution in [2.45, 2.75) is 102 Å². The van der Waals surface area contributed by atoms with Gasteiger partial charge in [-0.3, -0.25) is 18.4 Å². The van der Waals surface area contributed by atoms with E-state index in [1.165, 1.54) is 24.2 Å². The van der Waals surface area contributed by atoms with E-state index in [2.05, 4.69) is 32.9 Å². The monoisotopic (exact) mass is 718 g/mol. The Morgan fingerprint density at radius 3 is 2.60 bits per heavy atom. The summed E-state index contributed by atoms with van der Waals surface area (Å²) in [6.45, 7) is 2.78. The Bertz CT molecular complexity index is 1690. The first-order valence-corrected chi connectivity index (χ1v) is 18.1. The quantitative estimate of drug-likeness (QED) is 0.0422. The number of carboxylic acids is 1. The normalized spacial score (nSPS) is 21.3. The lowest BCUT2D eigenvalue weighted by Crippen LogP contribution is -2.44. The molecule has 1 aliphatic rings. The molecule has 272 valence electrons. The molecule has 3 aromatic rings. The number of carbonyl (C=O) groups is 2. The lowest BCUT2D eigenvalue weighted by molar-refractivity contribution is -0.152. The Morgan fingerprint density at radius 2 is 1.92 bits per heavy atom. The van der Waals surface area contributed by atoms with Crippen LogP contribution in [0.4, 0.5) is 10.2 Å². The van der Waals surface area contributed by atoms with Crippen molar-refractivity contribution in [3.8, 4) is 12.3 Å². The molecule has 1 saturated heterocycles. The van der Waals surface area contributed by atoms with Gasteiger partial charge in [0.05, 0.1) is 12.9 Å². The van der Waals surface area contributed by atoms with E-state index >= 15 is 0 Å². The van der Waals surface area contributed by atoms with Gasteiger partial charge in [-0.25, -0.2) is 19.4 Å². The molecule has 2 aromatic heterocycles. The standard InChI is InChI=1S/C33H44FN6O9P/c1-4-6-7-8-9-10-14-17-46-31(44)22(3)49-50(45,39-24(30(42)43)18-23-15-12-11-13-16-23)47-20-33(5-2)25(41)19-26(48-33)40-21-36-27-28(35)37-32(34)38-29(27)40/h2,11-13,15-16,21-22,24-26,41H,4,6-10,14,17-20H2,1,3H3,(H,39,45)(H,42,43)(H2,35,37,38)/t22?,24?,25-,26+,33+,50?/m0/s1. The maximum atomic E-state index is 14.3. The second-order valence-corrected chi connectivity index (χ2v) is 13.8. The fourth-order valence-electron chi connectivity index (χ4n) is 5.45. The third-order valence-corrected chi connectivity index (χ3v) is 9.94. The highest BCUT2D eigenvalue weighted by atomic mass is 31.2. The van der Waals surface area contributed by atoms with Gasteiger partial charge in [-0.1, -0.05) is 81.7 Å². The molecule has 3 unspecified atom stereocenters. The smallest absolute Gasteiger partial charge is 0.407 e. The van der Waals surface area contributed by atoms with Gasteiger partial charge in [0.15, 0.2) is 28.7 Å². The number of hydrogen-bond acceptors (Lipinski definition) is 12. The Labute approximate surface area is 289 Å². The number of benzene rings is 1. The number of aromatic nitrogens is 4. The Morgan fingerprint density at radius 1 is 1.22 bits per heavy atom. The average Bonchev–Trinajstić information content (AvgIpc) is 3.66. The van der Waals surface area contributed by atoms with Crippen LogP contribution in [0.15, 0.2) is 36.7 Å². The van der Waals surface area contributed by atoms with Crippen molar-refractivity contribution < 1.29 is 47.3 Å². The maximum absolute atomic E-state index is 14.3. The maximum Gasteiger partial charge on any atom is 0.407 e. The van der Waals surface area contributed by atoms with Crippen molar-refractivity contribution in [3.05, 3.63) is 48.3 Å². The minimum Gasteiger partial charge on any atom is -0.480 e. The minimum atomic E-state index is -4.73. The molecule has 1 fully saturated rings. The van der Waals surface area contributed by atoms with Crippen LogP contribution in [0.2, 0.25) is 0 Å². The number of nitrogens with one attached hydrogen (secondary N) is 1. The number of ether oxygens (including phenoxy) is 2. The number of nitrogens with two attached hydrogens (primary N) is 1. The predicted octanol–water partition coefficient (Wildman–Crippen LogP) is 4.31. The number of hydrogen-bond donors (Lipinski definition) is 4.